The fraction of sp³-hybridized carbons (Fsp3) is 0.167. The van der Waals surface area contributed by atoms with E-state index < -0.39 is 18.0 Å². The van der Waals surface area contributed by atoms with E-state index in [0.717, 1.165) is 18.6 Å². The summed E-state index contributed by atoms with van der Waals surface area (Å²) >= 11 is 0. The second kappa shape index (κ2) is 11.6. The van der Waals surface area contributed by atoms with Crippen molar-refractivity contribution in [3.63, 3.8) is 0 Å². The summed E-state index contributed by atoms with van der Waals surface area (Å²) < 4.78 is 0. The van der Waals surface area contributed by atoms with Gasteiger partial charge in [-0.1, -0.05) is 30.3 Å². The molecule has 6 heteroatoms. The normalized spacial score (nSPS) is 10.8. The van der Waals surface area contributed by atoms with Crippen LogP contribution in [0.1, 0.15) is 12.5 Å². The molecule has 0 saturated carbocycles. The van der Waals surface area contributed by atoms with Crippen LogP contribution in [0.5, 0.6) is 0 Å². The molecule has 92 valence electrons. The number of aliphatic carboxylic acids is 2. The first kappa shape index (κ1) is 19.8. The van der Waals surface area contributed by atoms with Crippen molar-refractivity contribution in [2.45, 2.75) is 13.0 Å². The molecule has 0 heterocycles. The quantitative estimate of drug-likeness (QED) is 0.450. The molecule has 0 aliphatic carbocycles. The molecule has 0 saturated heterocycles. The van der Waals surface area contributed by atoms with Gasteiger partial charge in [0.1, 0.15) is 0 Å². The molecule has 18 heavy (non-hydrogen) atoms. The largest absolute Gasteiger partial charge is 1.00 e. The second-order valence-corrected chi connectivity index (χ2v) is 3.08. The fourth-order valence-corrected chi connectivity index (χ4v) is 0.732. The van der Waals surface area contributed by atoms with Gasteiger partial charge in [0, 0.05) is 6.08 Å². The van der Waals surface area contributed by atoms with Gasteiger partial charge in [0.2, 0.25) is 0 Å². The van der Waals surface area contributed by atoms with E-state index in [1.165, 1.54) is 0 Å². The maximum Gasteiger partial charge on any atom is 1.00 e. The van der Waals surface area contributed by atoms with Gasteiger partial charge in [-0.05, 0) is 18.6 Å². The molecular formula is C12H13KO5. The Morgan fingerprint density at radius 3 is 2.06 bits per heavy atom. The number of carbonyl (C=O) groups is 2. The molecule has 0 amide bonds. The van der Waals surface area contributed by atoms with Crippen LogP contribution in [0.25, 0.3) is 6.08 Å². The average molecular weight is 276 g/mol. The Labute approximate surface area is 148 Å². The smallest absolute Gasteiger partial charge is 0.547 e. The predicted molar refractivity (Wildman–Crippen MR) is 59.8 cm³/mol. The maximum absolute atomic E-state index is 10.1. The number of hydrogen-bond donors (Lipinski definition) is 2. The van der Waals surface area contributed by atoms with Crippen LogP contribution in [0.3, 0.4) is 0 Å². The van der Waals surface area contributed by atoms with Gasteiger partial charge >= 0.3 is 57.4 Å². The number of aliphatic hydroxyl groups is 1. The molecule has 0 aliphatic rings. The molecule has 1 aromatic rings. The van der Waals surface area contributed by atoms with E-state index in [4.69, 9.17) is 10.2 Å². The van der Waals surface area contributed by atoms with Gasteiger partial charge in [0.25, 0.3) is 0 Å². The van der Waals surface area contributed by atoms with Gasteiger partial charge in [-0.2, -0.15) is 0 Å². The number of hydrogen-bond acceptors (Lipinski definition) is 4. The van der Waals surface area contributed by atoms with Gasteiger partial charge in [0.05, 0.1) is 12.1 Å². The molecule has 1 atom stereocenters. The van der Waals surface area contributed by atoms with Crippen LogP contribution in [-0.4, -0.2) is 28.3 Å². The average Bonchev–Trinajstić information content (AvgIpc) is 2.28. The topological polar surface area (TPSA) is 97.7 Å². The maximum atomic E-state index is 10.1. The number of carboxylic acid groups (broad SMARTS) is 2. The summed E-state index contributed by atoms with van der Waals surface area (Å²) in [6.45, 7) is 1.13. The number of aliphatic hydroxyl groups excluding tert-OH is 1. The molecule has 1 unspecified atom stereocenters. The molecule has 5 nitrogen and oxygen atoms in total. The van der Waals surface area contributed by atoms with E-state index >= 15 is 0 Å². The number of carboxylic acids is 2. The second-order valence-electron chi connectivity index (χ2n) is 3.08. The fourth-order valence-electron chi connectivity index (χ4n) is 0.732. The standard InChI is InChI=1S/C9H8O2.C3H6O3.K/c10-9(11)7-6-8-4-2-1-3-5-8;1-2(4)3(5)6;/h1-7H,(H,10,11);2,4H,1H3,(H,5,6);/q;;+1/p-1. The minimum atomic E-state index is -1.44. The summed E-state index contributed by atoms with van der Waals surface area (Å²) in [5.41, 5.74) is 0.898. The van der Waals surface area contributed by atoms with Crippen molar-refractivity contribution in [3.05, 3.63) is 42.0 Å². The molecule has 0 radical (unpaired) electrons. The van der Waals surface area contributed by atoms with E-state index in [0.29, 0.717) is 0 Å². The minimum absolute atomic E-state index is 0. The summed E-state index contributed by atoms with van der Waals surface area (Å²) in [7, 11) is 0. The van der Waals surface area contributed by atoms with Crippen LogP contribution in [0.15, 0.2) is 36.4 Å². The van der Waals surface area contributed by atoms with Crippen LogP contribution in [-0.2, 0) is 9.59 Å². The Balaban J connectivity index is 0. The van der Waals surface area contributed by atoms with Crippen molar-refractivity contribution in [2.75, 3.05) is 0 Å². The van der Waals surface area contributed by atoms with Crippen molar-refractivity contribution < 1.29 is 76.3 Å². The molecule has 0 fully saturated rings. The Bertz CT molecular complexity index is 387. The molecule has 0 aromatic heterocycles. The first-order chi connectivity index (χ1) is 7.93. The SMILES string of the molecule is CC(O)C(=O)[O-].O=C(O)C=Cc1ccccc1.[K+]. The first-order valence-corrected chi connectivity index (χ1v) is 4.78. The summed E-state index contributed by atoms with van der Waals surface area (Å²) in [4.78, 5) is 19.4. The summed E-state index contributed by atoms with van der Waals surface area (Å²) in [5.74, 6) is -2.36. The van der Waals surface area contributed by atoms with Crippen molar-refractivity contribution in [2.24, 2.45) is 0 Å². The molecule has 2 N–H and O–H groups in total. The van der Waals surface area contributed by atoms with Crippen molar-refractivity contribution in [1.82, 2.24) is 0 Å². The molecule has 1 rings (SSSR count). The van der Waals surface area contributed by atoms with Gasteiger partial charge in [-0.25, -0.2) is 4.79 Å². The van der Waals surface area contributed by atoms with Crippen LogP contribution in [0.2, 0.25) is 0 Å². The van der Waals surface area contributed by atoms with Crippen LogP contribution in [0.4, 0.5) is 0 Å². The number of rotatable bonds is 3. The Morgan fingerprint density at radius 2 is 1.72 bits per heavy atom. The van der Waals surface area contributed by atoms with Crippen LogP contribution in [0, 0.1) is 0 Å². The van der Waals surface area contributed by atoms with Gasteiger partial charge in [-0.3, -0.25) is 0 Å². The predicted octanol–water partition coefficient (Wildman–Crippen LogP) is -3.09. The Morgan fingerprint density at radius 1 is 1.28 bits per heavy atom. The third-order valence-electron chi connectivity index (χ3n) is 1.56. The van der Waals surface area contributed by atoms with Crippen molar-refractivity contribution >= 4 is 18.0 Å². The molecular weight excluding hydrogens is 263 g/mol. The monoisotopic (exact) mass is 276 g/mol. The van der Waals surface area contributed by atoms with Crippen LogP contribution < -0.4 is 56.5 Å². The van der Waals surface area contributed by atoms with Gasteiger partial charge in [-0.15, -0.1) is 0 Å². The van der Waals surface area contributed by atoms with Crippen LogP contribution >= 0.6 is 0 Å². The molecule has 1 aromatic carbocycles. The zero-order valence-corrected chi connectivity index (χ0v) is 13.4. The molecule has 0 aliphatic heterocycles. The summed E-state index contributed by atoms with van der Waals surface area (Å²) in [6, 6.07) is 9.31. The van der Waals surface area contributed by atoms with E-state index in [1.807, 2.05) is 30.3 Å². The third-order valence-corrected chi connectivity index (χ3v) is 1.56. The van der Waals surface area contributed by atoms with Crippen molar-refractivity contribution in [3.8, 4) is 0 Å². The Kier molecular flexibility index (Phi) is 12.8. The van der Waals surface area contributed by atoms with Gasteiger partial charge in [0.15, 0.2) is 0 Å². The number of carbonyl (C=O) groups excluding carboxylic acids is 1. The Hall–Kier alpha value is -0.504. The molecule has 0 bridgehead atoms. The van der Waals surface area contributed by atoms with E-state index in [9.17, 15) is 14.7 Å². The van der Waals surface area contributed by atoms with E-state index in [2.05, 4.69) is 0 Å². The van der Waals surface area contributed by atoms with Crippen molar-refractivity contribution in [1.29, 1.82) is 0 Å². The molecule has 0 spiro atoms. The number of benzene rings is 1. The third kappa shape index (κ3) is 12.0. The van der Waals surface area contributed by atoms with E-state index in [-0.39, 0.29) is 51.4 Å². The summed E-state index contributed by atoms with van der Waals surface area (Å²) in [5, 5.41) is 25.6. The van der Waals surface area contributed by atoms with Gasteiger partial charge < -0.3 is 20.1 Å². The van der Waals surface area contributed by atoms with E-state index in [1.54, 1.807) is 6.08 Å². The summed E-state index contributed by atoms with van der Waals surface area (Å²) in [6.07, 6.45) is 1.34. The first-order valence-electron chi connectivity index (χ1n) is 4.78. The zero-order chi connectivity index (χ0) is 13.3. The minimum Gasteiger partial charge on any atom is -0.547 e. The zero-order valence-electron chi connectivity index (χ0n) is 10.2.